The molecule has 1 N–H and O–H groups in total. The van der Waals surface area contributed by atoms with Crippen LogP contribution in [-0.4, -0.2) is 40.4 Å². The Balaban J connectivity index is 1.77. The van der Waals surface area contributed by atoms with E-state index < -0.39 is 5.41 Å². The fourth-order valence-corrected chi connectivity index (χ4v) is 5.32. The summed E-state index contributed by atoms with van der Waals surface area (Å²) in [6.07, 6.45) is 10.3. The summed E-state index contributed by atoms with van der Waals surface area (Å²) in [5.74, 6) is 1.06. The molecule has 1 heterocycles. The van der Waals surface area contributed by atoms with Crippen LogP contribution in [0, 0.1) is 11.7 Å². The van der Waals surface area contributed by atoms with Gasteiger partial charge in [-0.15, -0.1) is 0 Å². The number of carbonyl (C=O) groups is 1. The number of aromatic nitrogens is 2. The van der Waals surface area contributed by atoms with Crippen molar-refractivity contribution >= 4 is 11.9 Å². The summed E-state index contributed by atoms with van der Waals surface area (Å²) in [5.41, 5.74) is 1.98. The van der Waals surface area contributed by atoms with E-state index in [9.17, 15) is 9.18 Å². The summed E-state index contributed by atoms with van der Waals surface area (Å²) >= 11 is 0. The second-order valence-corrected chi connectivity index (χ2v) is 9.67. The van der Waals surface area contributed by atoms with E-state index in [1.54, 1.807) is 18.1 Å². The van der Waals surface area contributed by atoms with Gasteiger partial charge in [0.05, 0.1) is 11.3 Å². The molecular weight excluding hydrogens is 403 g/mol. The van der Waals surface area contributed by atoms with Crippen molar-refractivity contribution in [3.05, 3.63) is 53.1 Å². The number of rotatable bonds is 6. The Morgan fingerprint density at radius 3 is 2.44 bits per heavy atom. The highest BCUT2D eigenvalue weighted by Crippen LogP contribution is 2.47. The molecule has 0 radical (unpaired) electrons. The topological polar surface area (TPSA) is 58.1 Å². The molecule has 1 amide bonds. The summed E-state index contributed by atoms with van der Waals surface area (Å²) < 4.78 is 13.7. The van der Waals surface area contributed by atoms with Gasteiger partial charge in [0.15, 0.2) is 0 Å². The normalized spacial score (nSPS) is 22.5. The fraction of sp³-hybridized carbons (Fsp3) is 0.577. The van der Waals surface area contributed by atoms with Crippen LogP contribution >= 0.6 is 0 Å². The van der Waals surface area contributed by atoms with E-state index in [2.05, 4.69) is 17.2 Å². The Kier molecular flexibility index (Phi) is 6.77. The van der Waals surface area contributed by atoms with Gasteiger partial charge < -0.3 is 10.2 Å². The molecule has 2 aromatic rings. The minimum Gasteiger partial charge on any atom is -0.351 e. The largest absolute Gasteiger partial charge is 0.351 e. The van der Waals surface area contributed by atoms with Gasteiger partial charge in [0.2, 0.25) is 5.95 Å². The van der Waals surface area contributed by atoms with Crippen LogP contribution < -0.4 is 5.32 Å². The van der Waals surface area contributed by atoms with E-state index in [1.165, 1.54) is 25.0 Å². The van der Waals surface area contributed by atoms with Gasteiger partial charge in [-0.3, -0.25) is 4.79 Å². The smallest absolute Gasteiger partial charge is 0.257 e. The number of hydrogen-bond donors (Lipinski definition) is 1. The summed E-state index contributed by atoms with van der Waals surface area (Å²) in [5, 5.41) is 3.55. The van der Waals surface area contributed by atoms with E-state index in [-0.39, 0.29) is 11.7 Å². The highest BCUT2D eigenvalue weighted by Gasteiger charge is 2.42. The third-order valence-corrected chi connectivity index (χ3v) is 7.50. The molecule has 2 saturated carbocycles. The number of nitrogens with zero attached hydrogens (tertiary/aromatic N) is 3. The predicted molar refractivity (Wildman–Crippen MR) is 125 cm³/mol. The zero-order valence-electron chi connectivity index (χ0n) is 19.5. The zero-order chi connectivity index (χ0) is 22.7. The van der Waals surface area contributed by atoms with Gasteiger partial charge in [-0.2, -0.15) is 0 Å². The lowest BCUT2D eigenvalue weighted by molar-refractivity contribution is 0.0799. The molecule has 0 saturated heterocycles. The molecule has 0 atom stereocenters. The highest BCUT2D eigenvalue weighted by atomic mass is 19.1. The zero-order valence-corrected chi connectivity index (χ0v) is 19.5. The van der Waals surface area contributed by atoms with Crippen molar-refractivity contribution < 1.29 is 9.18 Å². The monoisotopic (exact) mass is 438 g/mol. The van der Waals surface area contributed by atoms with Crippen molar-refractivity contribution in [1.82, 2.24) is 14.9 Å². The fourth-order valence-electron chi connectivity index (χ4n) is 5.32. The second-order valence-electron chi connectivity index (χ2n) is 9.67. The molecule has 5 nitrogen and oxygen atoms in total. The van der Waals surface area contributed by atoms with Crippen molar-refractivity contribution in [2.24, 2.45) is 5.92 Å². The molecule has 0 unspecified atom stereocenters. The van der Waals surface area contributed by atoms with E-state index >= 15 is 0 Å². The molecule has 2 fully saturated rings. The summed E-state index contributed by atoms with van der Waals surface area (Å²) in [4.78, 5) is 24.6. The molecule has 172 valence electrons. The lowest BCUT2D eigenvalue weighted by atomic mass is 9.74. The van der Waals surface area contributed by atoms with Gasteiger partial charge in [-0.25, -0.2) is 14.4 Å². The Labute approximate surface area is 190 Å². The van der Waals surface area contributed by atoms with E-state index in [1.807, 2.05) is 19.1 Å². The van der Waals surface area contributed by atoms with Crippen molar-refractivity contribution in [3.63, 3.8) is 0 Å². The number of halogens is 1. The third-order valence-electron chi connectivity index (χ3n) is 7.50. The summed E-state index contributed by atoms with van der Waals surface area (Å²) in [6.45, 7) is 4.88. The van der Waals surface area contributed by atoms with E-state index in [0.29, 0.717) is 24.1 Å². The van der Waals surface area contributed by atoms with Crippen LogP contribution in [-0.2, 0) is 5.41 Å². The minimum absolute atomic E-state index is 0.0612. The quantitative estimate of drug-likeness (QED) is 0.642. The molecule has 2 aliphatic rings. The van der Waals surface area contributed by atoms with Crippen LogP contribution in [0.1, 0.15) is 86.8 Å². The van der Waals surface area contributed by atoms with Crippen LogP contribution in [0.25, 0.3) is 0 Å². The first-order chi connectivity index (χ1) is 15.4. The lowest BCUT2D eigenvalue weighted by Gasteiger charge is -2.32. The number of benzene rings is 1. The number of carbonyl (C=O) groups excluding carboxylic acids is 1. The maximum Gasteiger partial charge on any atom is 0.257 e. The first kappa shape index (κ1) is 22.7. The molecule has 32 heavy (non-hydrogen) atoms. The molecule has 4 rings (SSSR count). The molecule has 1 aromatic carbocycles. The van der Waals surface area contributed by atoms with Gasteiger partial charge in [0, 0.05) is 31.2 Å². The van der Waals surface area contributed by atoms with Gasteiger partial charge in [-0.05, 0) is 69.1 Å². The second kappa shape index (κ2) is 9.55. The minimum atomic E-state index is -0.395. The van der Waals surface area contributed by atoms with Crippen LogP contribution in [0.5, 0.6) is 0 Å². The summed E-state index contributed by atoms with van der Waals surface area (Å²) in [6, 6.07) is 7.10. The molecule has 0 spiro atoms. The first-order valence-electron chi connectivity index (χ1n) is 12.1. The molecule has 2 aliphatic carbocycles. The molecule has 1 aromatic heterocycles. The van der Waals surface area contributed by atoms with Crippen molar-refractivity contribution in [2.45, 2.75) is 76.7 Å². The van der Waals surface area contributed by atoms with Crippen molar-refractivity contribution in [2.75, 3.05) is 18.9 Å². The maximum atomic E-state index is 13.7. The highest BCUT2D eigenvalue weighted by molar-refractivity contribution is 5.95. The average Bonchev–Trinajstić information content (AvgIpc) is 3.31. The van der Waals surface area contributed by atoms with Gasteiger partial charge in [0.1, 0.15) is 5.82 Å². The predicted octanol–water partition coefficient (Wildman–Crippen LogP) is 5.56. The molecular formula is C26H35FN4O. The van der Waals surface area contributed by atoms with Gasteiger partial charge in [0.25, 0.3) is 5.91 Å². The number of nitrogens with one attached hydrogen (secondary N) is 1. The number of anilines is 1. The van der Waals surface area contributed by atoms with Crippen molar-refractivity contribution in [1.29, 1.82) is 0 Å². The first-order valence-corrected chi connectivity index (χ1v) is 12.1. The maximum absolute atomic E-state index is 13.7. The van der Waals surface area contributed by atoms with Gasteiger partial charge >= 0.3 is 0 Å². The van der Waals surface area contributed by atoms with Crippen molar-refractivity contribution in [3.8, 4) is 0 Å². The van der Waals surface area contributed by atoms with Crippen LogP contribution in [0.15, 0.2) is 30.5 Å². The molecule has 0 aliphatic heterocycles. The van der Waals surface area contributed by atoms with E-state index in [4.69, 9.17) is 4.98 Å². The summed E-state index contributed by atoms with van der Waals surface area (Å²) in [7, 11) is 1.81. The average molecular weight is 439 g/mol. The van der Waals surface area contributed by atoms with Crippen LogP contribution in [0.2, 0.25) is 0 Å². The van der Waals surface area contributed by atoms with Gasteiger partial charge in [-0.1, -0.05) is 31.9 Å². The Morgan fingerprint density at radius 1 is 1.16 bits per heavy atom. The third kappa shape index (κ3) is 4.50. The molecule has 6 heteroatoms. The Bertz CT molecular complexity index is 931. The van der Waals surface area contributed by atoms with E-state index in [0.717, 1.165) is 55.7 Å². The SMILES string of the molecule is CCN(C)C(=O)c1cnc(NC2CCC(C)CC2)nc1C1(c2ccc(F)cc2)CCCC1. The van der Waals surface area contributed by atoms with Crippen LogP contribution in [0.3, 0.4) is 0 Å². The lowest BCUT2D eigenvalue weighted by Crippen LogP contribution is -2.34. The number of hydrogen-bond acceptors (Lipinski definition) is 4. The van der Waals surface area contributed by atoms with Crippen LogP contribution in [0.4, 0.5) is 10.3 Å². The Morgan fingerprint density at radius 2 is 1.81 bits per heavy atom. The number of amides is 1. The standard InChI is InChI=1S/C26H35FN4O/c1-4-31(3)24(32)22-17-28-25(29-21-13-7-18(2)8-14-21)30-23(22)26(15-5-6-16-26)19-9-11-20(27)12-10-19/h9-12,17-18,21H,4-8,13-16H2,1-3H3,(H,28,29,30). The Hall–Kier alpha value is -2.50. The molecule has 0 bridgehead atoms.